The second-order valence-corrected chi connectivity index (χ2v) is 4.48. The van der Waals surface area contributed by atoms with Crippen molar-refractivity contribution in [3.8, 4) is 5.75 Å². The number of hydrogen-bond acceptors (Lipinski definition) is 4. The van der Waals surface area contributed by atoms with Gasteiger partial charge in [-0.15, -0.1) is 0 Å². The third-order valence-corrected chi connectivity index (χ3v) is 2.62. The molecule has 1 unspecified atom stereocenters. The summed E-state index contributed by atoms with van der Waals surface area (Å²) in [5, 5.41) is 4.10. The van der Waals surface area contributed by atoms with E-state index < -0.39 is 6.04 Å². The van der Waals surface area contributed by atoms with Gasteiger partial charge < -0.3 is 10.5 Å². The largest absolute Gasteiger partial charge is 0.493 e. The first-order chi connectivity index (χ1) is 8.01. The minimum Gasteiger partial charge on any atom is -0.493 e. The molecule has 1 atom stereocenters. The zero-order chi connectivity index (χ0) is 13.0. The Morgan fingerprint density at radius 3 is 2.71 bits per heavy atom. The molecule has 0 aromatic carbocycles. The first kappa shape index (κ1) is 13.7. The van der Waals surface area contributed by atoms with Crippen LogP contribution in [0, 0.1) is 5.92 Å². The maximum absolute atomic E-state index is 12.2. The number of hydrogen-bond donors (Lipinski definition) is 1. The van der Waals surface area contributed by atoms with Crippen LogP contribution in [0.1, 0.15) is 37.7 Å². The van der Waals surface area contributed by atoms with Gasteiger partial charge in [-0.2, -0.15) is 5.10 Å². The second kappa shape index (κ2) is 5.82. The Morgan fingerprint density at radius 1 is 1.59 bits per heavy atom. The van der Waals surface area contributed by atoms with Crippen molar-refractivity contribution in [1.82, 2.24) is 9.78 Å². The standard InChI is InChI=1S/C12H21N3O2/c1-5-15-11(10(17-4)7-14-15)12(16)9(13)6-8(2)3/h7-9H,5-6,13H2,1-4H3. The molecule has 0 saturated carbocycles. The van der Waals surface area contributed by atoms with Crippen molar-refractivity contribution in [1.29, 1.82) is 0 Å². The first-order valence-electron chi connectivity index (χ1n) is 5.90. The van der Waals surface area contributed by atoms with Crippen molar-refractivity contribution in [2.45, 2.75) is 39.8 Å². The van der Waals surface area contributed by atoms with E-state index in [1.54, 1.807) is 10.9 Å². The lowest BCUT2D eigenvalue weighted by Crippen LogP contribution is -2.33. The van der Waals surface area contributed by atoms with E-state index in [4.69, 9.17) is 10.5 Å². The van der Waals surface area contributed by atoms with E-state index in [0.717, 1.165) is 0 Å². The van der Waals surface area contributed by atoms with E-state index in [1.807, 2.05) is 20.8 Å². The number of carbonyl (C=O) groups excluding carboxylic acids is 1. The summed E-state index contributed by atoms with van der Waals surface area (Å²) >= 11 is 0. The molecule has 0 spiro atoms. The van der Waals surface area contributed by atoms with Crippen molar-refractivity contribution in [3.63, 3.8) is 0 Å². The highest BCUT2D eigenvalue weighted by Gasteiger charge is 2.24. The van der Waals surface area contributed by atoms with Crippen LogP contribution >= 0.6 is 0 Å². The summed E-state index contributed by atoms with van der Waals surface area (Å²) in [4.78, 5) is 12.2. The molecule has 0 amide bonds. The molecular weight excluding hydrogens is 218 g/mol. The van der Waals surface area contributed by atoms with Gasteiger partial charge in [-0.3, -0.25) is 9.48 Å². The molecule has 1 aromatic heterocycles. The topological polar surface area (TPSA) is 70.1 Å². The molecule has 96 valence electrons. The van der Waals surface area contributed by atoms with Crippen LogP contribution in [0.4, 0.5) is 0 Å². The van der Waals surface area contributed by atoms with Gasteiger partial charge in [0.05, 0.1) is 19.3 Å². The van der Waals surface area contributed by atoms with Crippen LogP contribution in [-0.2, 0) is 6.54 Å². The summed E-state index contributed by atoms with van der Waals surface area (Å²) < 4.78 is 6.77. The smallest absolute Gasteiger partial charge is 0.201 e. The highest BCUT2D eigenvalue weighted by atomic mass is 16.5. The Kier molecular flexibility index (Phi) is 4.69. The minimum absolute atomic E-state index is 0.102. The summed E-state index contributed by atoms with van der Waals surface area (Å²) in [7, 11) is 1.53. The zero-order valence-electron chi connectivity index (χ0n) is 10.9. The lowest BCUT2D eigenvalue weighted by molar-refractivity contribution is 0.0937. The van der Waals surface area contributed by atoms with Crippen LogP contribution in [0.2, 0.25) is 0 Å². The van der Waals surface area contributed by atoms with Gasteiger partial charge >= 0.3 is 0 Å². The minimum atomic E-state index is -0.495. The molecule has 0 bridgehead atoms. The van der Waals surface area contributed by atoms with Crippen LogP contribution in [0.5, 0.6) is 5.75 Å². The van der Waals surface area contributed by atoms with E-state index in [-0.39, 0.29) is 5.78 Å². The Morgan fingerprint density at radius 2 is 2.24 bits per heavy atom. The summed E-state index contributed by atoms with van der Waals surface area (Å²) in [6.45, 7) is 6.64. The number of ether oxygens (including phenoxy) is 1. The number of ketones is 1. The molecule has 0 aliphatic rings. The normalized spacial score (nSPS) is 12.8. The van der Waals surface area contributed by atoms with E-state index in [0.29, 0.717) is 30.3 Å². The SMILES string of the molecule is CCn1ncc(OC)c1C(=O)C(N)CC(C)C. The fourth-order valence-corrected chi connectivity index (χ4v) is 1.80. The number of nitrogens with two attached hydrogens (primary N) is 1. The number of methoxy groups -OCH3 is 1. The quantitative estimate of drug-likeness (QED) is 0.763. The molecule has 0 fully saturated rings. The fraction of sp³-hybridized carbons (Fsp3) is 0.667. The molecule has 0 aliphatic carbocycles. The van der Waals surface area contributed by atoms with E-state index >= 15 is 0 Å². The molecule has 0 radical (unpaired) electrons. The van der Waals surface area contributed by atoms with Gasteiger partial charge in [0.25, 0.3) is 0 Å². The average molecular weight is 239 g/mol. The lowest BCUT2D eigenvalue weighted by atomic mass is 9.99. The van der Waals surface area contributed by atoms with Gasteiger partial charge in [0.1, 0.15) is 5.69 Å². The molecule has 5 heteroatoms. The molecule has 0 saturated heterocycles. The van der Waals surface area contributed by atoms with Gasteiger partial charge in [-0.1, -0.05) is 13.8 Å². The fourth-order valence-electron chi connectivity index (χ4n) is 1.80. The summed E-state index contributed by atoms with van der Waals surface area (Å²) in [6, 6.07) is -0.495. The highest BCUT2D eigenvalue weighted by Crippen LogP contribution is 2.20. The van der Waals surface area contributed by atoms with E-state index in [2.05, 4.69) is 5.10 Å². The average Bonchev–Trinajstić information content (AvgIpc) is 2.69. The third-order valence-electron chi connectivity index (χ3n) is 2.62. The molecule has 1 heterocycles. The van der Waals surface area contributed by atoms with Crippen molar-refractivity contribution < 1.29 is 9.53 Å². The van der Waals surface area contributed by atoms with Crippen LogP contribution in [0.3, 0.4) is 0 Å². The third kappa shape index (κ3) is 3.06. The Hall–Kier alpha value is -1.36. The second-order valence-electron chi connectivity index (χ2n) is 4.48. The predicted octanol–water partition coefficient (Wildman–Crippen LogP) is 1.47. The van der Waals surface area contributed by atoms with Crippen molar-refractivity contribution >= 4 is 5.78 Å². The summed E-state index contributed by atoms with van der Waals surface area (Å²) in [6.07, 6.45) is 2.22. The van der Waals surface area contributed by atoms with Gasteiger partial charge in [0, 0.05) is 6.54 Å². The van der Waals surface area contributed by atoms with E-state index in [9.17, 15) is 4.79 Å². The number of aromatic nitrogens is 2. The van der Waals surface area contributed by atoms with Gasteiger partial charge in [0.15, 0.2) is 5.75 Å². The highest BCUT2D eigenvalue weighted by molar-refractivity contribution is 6.00. The van der Waals surface area contributed by atoms with Gasteiger partial charge in [-0.25, -0.2) is 0 Å². The molecule has 1 rings (SSSR count). The van der Waals surface area contributed by atoms with Crippen LogP contribution in [0.25, 0.3) is 0 Å². The van der Waals surface area contributed by atoms with Gasteiger partial charge in [-0.05, 0) is 19.3 Å². The van der Waals surface area contributed by atoms with Crippen LogP contribution in [0.15, 0.2) is 6.20 Å². The summed E-state index contributed by atoms with van der Waals surface area (Å²) in [5.41, 5.74) is 6.39. The maximum atomic E-state index is 12.2. The first-order valence-corrected chi connectivity index (χ1v) is 5.90. The molecule has 1 aromatic rings. The van der Waals surface area contributed by atoms with Crippen LogP contribution < -0.4 is 10.5 Å². The number of Topliss-reactive ketones (excluding diaryl/α,β-unsaturated/α-hetero) is 1. The zero-order valence-corrected chi connectivity index (χ0v) is 10.9. The molecule has 17 heavy (non-hydrogen) atoms. The maximum Gasteiger partial charge on any atom is 0.201 e. The molecule has 5 nitrogen and oxygen atoms in total. The number of rotatable bonds is 6. The molecule has 2 N–H and O–H groups in total. The Bertz CT molecular complexity index is 364. The Labute approximate surface area is 102 Å². The van der Waals surface area contributed by atoms with Crippen molar-refractivity contribution in [2.24, 2.45) is 11.7 Å². The molecular formula is C12H21N3O2. The number of aryl methyl sites for hydroxylation is 1. The van der Waals surface area contributed by atoms with E-state index in [1.165, 1.54) is 7.11 Å². The summed E-state index contributed by atoms with van der Waals surface area (Å²) in [5.74, 6) is 0.781. The van der Waals surface area contributed by atoms with Crippen LogP contribution in [-0.4, -0.2) is 28.7 Å². The predicted molar refractivity (Wildman–Crippen MR) is 66.2 cm³/mol. The number of nitrogens with zero attached hydrogens (tertiary/aromatic N) is 2. The molecule has 0 aliphatic heterocycles. The lowest BCUT2D eigenvalue weighted by Gasteiger charge is -2.14. The monoisotopic (exact) mass is 239 g/mol. The Balaban J connectivity index is 2.97. The van der Waals surface area contributed by atoms with Crippen molar-refractivity contribution in [3.05, 3.63) is 11.9 Å². The van der Waals surface area contributed by atoms with Gasteiger partial charge in [0.2, 0.25) is 5.78 Å². The number of carbonyl (C=O) groups is 1. The van der Waals surface area contributed by atoms with Crippen molar-refractivity contribution in [2.75, 3.05) is 7.11 Å².